The second-order valence-electron chi connectivity index (χ2n) is 5.87. The molecule has 3 nitrogen and oxygen atoms in total. The molecule has 2 unspecified atom stereocenters. The molecule has 0 spiro atoms. The molecule has 0 aliphatic carbocycles. The van der Waals surface area contributed by atoms with Crippen LogP contribution in [-0.2, 0) is 10.7 Å². The minimum atomic E-state index is -3.36. The van der Waals surface area contributed by atoms with E-state index in [0.717, 1.165) is 25.3 Å². The van der Waals surface area contributed by atoms with Gasteiger partial charge in [0.25, 0.3) is 0 Å². The molecule has 5 heteroatoms. The number of benzene rings is 1. The number of carbonyl (C=O) groups excluding carboxylic acids is 1. The first-order valence-electron chi connectivity index (χ1n) is 8.06. The lowest BCUT2D eigenvalue weighted by molar-refractivity contribution is -0.135. The number of aliphatic hydroxyl groups is 1. The second kappa shape index (κ2) is 7.68. The molecular weight excluding hydrogens is 300 g/mol. The van der Waals surface area contributed by atoms with E-state index in [1.165, 1.54) is 24.3 Å². The Morgan fingerprint density at radius 3 is 2.74 bits per heavy atom. The zero-order valence-corrected chi connectivity index (χ0v) is 13.3. The molecule has 126 valence electrons. The van der Waals surface area contributed by atoms with Crippen LogP contribution >= 0.6 is 0 Å². The number of hydrogen-bond donors (Lipinski definition) is 1. The van der Waals surface area contributed by atoms with E-state index >= 15 is 0 Å². The maximum atomic E-state index is 14.2. The van der Waals surface area contributed by atoms with E-state index in [9.17, 15) is 18.7 Å². The van der Waals surface area contributed by atoms with E-state index in [-0.39, 0.29) is 17.5 Å². The van der Waals surface area contributed by atoms with Gasteiger partial charge in [-0.1, -0.05) is 49.4 Å². The minimum Gasteiger partial charge on any atom is -0.382 e. The summed E-state index contributed by atoms with van der Waals surface area (Å²) < 4.78 is 28.5. The average molecular weight is 323 g/mol. The third-order valence-corrected chi connectivity index (χ3v) is 4.12. The predicted molar refractivity (Wildman–Crippen MR) is 85.1 cm³/mol. The summed E-state index contributed by atoms with van der Waals surface area (Å²) >= 11 is 0. The topological polar surface area (TPSA) is 40.5 Å². The van der Waals surface area contributed by atoms with Crippen LogP contribution in [0.3, 0.4) is 0 Å². The van der Waals surface area contributed by atoms with Gasteiger partial charge in [0.1, 0.15) is 6.10 Å². The number of nitrogens with zero attached hydrogens (tertiary/aromatic N) is 1. The molecule has 0 bridgehead atoms. The zero-order valence-electron chi connectivity index (χ0n) is 13.3. The van der Waals surface area contributed by atoms with Crippen molar-refractivity contribution in [2.45, 2.75) is 50.7 Å². The number of alkyl halides is 2. The summed E-state index contributed by atoms with van der Waals surface area (Å²) in [6, 6.07) is 7.07. The molecule has 1 fully saturated rings. The standard InChI is InChI=1S/C18H23F2NO2/c1-2-13-21-15(9-6-10-17(21)23)11-12-16(22)18(19,20)14-7-4-3-5-8-14/h3-5,7-8,11-12,15-16,22H,2,6,9-10,13H2,1H3. The first-order valence-corrected chi connectivity index (χ1v) is 8.06. The van der Waals surface area contributed by atoms with Crippen LogP contribution in [0.5, 0.6) is 0 Å². The normalized spacial score (nSPS) is 21.0. The van der Waals surface area contributed by atoms with Crippen molar-refractivity contribution in [3.63, 3.8) is 0 Å². The Balaban J connectivity index is 2.10. The highest BCUT2D eigenvalue weighted by Crippen LogP contribution is 2.32. The number of carbonyl (C=O) groups is 1. The molecule has 1 amide bonds. The summed E-state index contributed by atoms with van der Waals surface area (Å²) in [4.78, 5) is 13.7. The highest BCUT2D eigenvalue weighted by molar-refractivity contribution is 5.77. The van der Waals surface area contributed by atoms with Crippen molar-refractivity contribution >= 4 is 5.91 Å². The molecule has 1 heterocycles. The van der Waals surface area contributed by atoms with Crippen molar-refractivity contribution in [2.75, 3.05) is 6.54 Å². The first kappa shape index (κ1) is 17.6. The second-order valence-corrected chi connectivity index (χ2v) is 5.87. The van der Waals surface area contributed by atoms with E-state index in [0.29, 0.717) is 13.0 Å². The predicted octanol–water partition coefficient (Wildman–Crippen LogP) is 3.49. The average Bonchev–Trinajstić information content (AvgIpc) is 2.56. The van der Waals surface area contributed by atoms with Gasteiger partial charge in [-0.05, 0) is 19.3 Å². The fourth-order valence-electron chi connectivity index (χ4n) is 2.86. The van der Waals surface area contributed by atoms with Gasteiger partial charge in [-0.2, -0.15) is 8.78 Å². The van der Waals surface area contributed by atoms with Crippen LogP contribution in [0.25, 0.3) is 0 Å². The van der Waals surface area contributed by atoms with Gasteiger partial charge in [0.05, 0.1) is 6.04 Å². The van der Waals surface area contributed by atoms with E-state index in [4.69, 9.17) is 0 Å². The number of rotatable bonds is 6. The minimum absolute atomic E-state index is 0.0528. The van der Waals surface area contributed by atoms with Crippen LogP contribution < -0.4 is 0 Å². The third-order valence-electron chi connectivity index (χ3n) is 4.12. The molecule has 0 saturated carbocycles. The van der Waals surface area contributed by atoms with Crippen molar-refractivity contribution in [1.29, 1.82) is 0 Å². The van der Waals surface area contributed by atoms with Crippen LogP contribution in [0, 0.1) is 0 Å². The monoisotopic (exact) mass is 323 g/mol. The third kappa shape index (κ3) is 4.16. The van der Waals surface area contributed by atoms with Gasteiger partial charge >= 0.3 is 5.92 Å². The van der Waals surface area contributed by atoms with Crippen molar-refractivity contribution in [3.8, 4) is 0 Å². The zero-order chi connectivity index (χ0) is 16.9. The van der Waals surface area contributed by atoms with E-state index in [1.807, 2.05) is 6.92 Å². The molecule has 2 rings (SSSR count). The number of halogens is 2. The first-order chi connectivity index (χ1) is 11.0. The molecule has 1 saturated heterocycles. The molecule has 1 aromatic rings. The van der Waals surface area contributed by atoms with Crippen LogP contribution in [0.2, 0.25) is 0 Å². The Morgan fingerprint density at radius 2 is 2.09 bits per heavy atom. The highest BCUT2D eigenvalue weighted by atomic mass is 19.3. The van der Waals surface area contributed by atoms with Gasteiger partial charge in [-0.25, -0.2) is 0 Å². The number of likely N-dealkylation sites (tertiary alicyclic amines) is 1. The molecule has 2 atom stereocenters. The highest BCUT2D eigenvalue weighted by Gasteiger charge is 2.39. The van der Waals surface area contributed by atoms with E-state index < -0.39 is 12.0 Å². The van der Waals surface area contributed by atoms with Crippen LogP contribution in [-0.4, -0.2) is 34.6 Å². The molecule has 1 aromatic carbocycles. The summed E-state index contributed by atoms with van der Waals surface area (Å²) in [5.41, 5.74) is -0.220. The number of amides is 1. The molecule has 0 aromatic heterocycles. The Kier molecular flexibility index (Phi) is 5.88. The molecule has 1 N–H and O–H groups in total. The summed E-state index contributed by atoms with van der Waals surface area (Å²) in [6.07, 6.45) is 3.58. The number of piperidine rings is 1. The van der Waals surface area contributed by atoms with Crippen molar-refractivity contribution < 1.29 is 18.7 Å². The van der Waals surface area contributed by atoms with E-state index in [1.54, 1.807) is 17.0 Å². The van der Waals surface area contributed by atoms with Gasteiger partial charge in [-0.15, -0.1) is 0 Å². The lowest BCUT2D eigenvalue weighted by Crippen LogP contribution is -2.43. The lowest BCUT2D eigenvalue weighted by Gasteiger charge is -2.34. The van der Waals surface area contributed by atoms with Gasteiger partial charge in [0, 0.05) is 18.5 Å². The van der Waals surface area contributed by atoms with Gasteiger partial charge in [-0.3, -0.25) is 4.79 Å². The van der Waals surface area contributed by atoms with Gasteiger partial charge in [0.2, 0.25) is 5.91 Å². The molecule has 1 aliphatic heterocycles. The van der Waals surface area contributed by atoms with Crippen molar-refractivity contribution in [2.24, 2.45) is 0 Å². The Bertz CT molecular complexity index is 545. The SMILES string of the molecule is CCCN1C(=O)CCCC1C=CC(O)C(F)(F)c1ccccc1. The number of hydrogen-bond acceptors (Lipinski definition) is 2. The molecule has 1 aliphatic rings. The fraction of sp³-hybridized carbons (Fsp3) is 0.500. The van der Waals surface area contributed by atoms with Gasteiger partial charge < -0.3 is 10.0 Å². The Morgan fingerprint density at radius 1 is 1.39 bits per heavy atom. The van der Waals surface area contributed by atoms with Crippen molar-refractivity contribution in [1.82, 2.24) is 4.90 Å². The summed E-state index contributed by atoms with van der Waals surface area (Å²) in [6.45, 7) is 2.58. The smallest absolute Gasteiger partial charge is 0.302 e. The Hall–Kier alpha value is -1.75. The summed E-state index contributed by atoms with van der Waals surface area (Å²) in [5.74, 6) is -3.30. The largest absolute Gasteiger partial charge is 0.382 e. The van der Waals surface area contributed by atoms with Gasteiger partial charge in [0.15, 0.2) is 0 Å². The lowest BCUT2D eigenvalue weighted by atomic mass is 9.98. The van der Waals surface area contributed by atoms with Crippen LogP contribution in [0.4, 0.5) is 8.78 Å². The van der Waals surface area contributed by atoms with Crippen molar-refractivity contribution in [3.05, 3.63) is 48.0 Å². The Labute approximate surface area is 135 Å². The molecular formula is C18H23F2NO2. The summed E-state index contributed by atoms with van der Waals surface area (Å²) in [7, 11) is 0. The molecule has 0 radical (unpaired) electrons. The molecule has 23 heavy (non-hydrogen) atoms. The van der Waals surface area contributed by atoms with Crippen LogP contribution in [0.1, 0.15) is 38.2 Å². The maximum absolute atomic E-state index is 14.2. The van der Waals surface area contributed by atoms with Crippen LogP contribution in [0.15, 0.2) is 42.5 Å². The van der Waals surface area contributed by atoms with E-state index in [2.05, 4.69) is 0 Å². The summed E-state index contributed by atoms with van der Waals surface area (Å²) in [5, 5.41) is 9.90. The quantitative estimate of drug-likeness (QED) is 0.814. The fourth-order valence-corrected chi connectivity index (χ4v) is 2.86. The maximum Gasteiger partial charge on any atom is 0.302 e. The number of aliphatic hydroxyl groups excluding tert-OH is 1.